The molecule has 138 valence electrons. The lowest BCUT2D eigenvalue weighted by molar-refractivity contribution is -0.116. The highest BCUT2D eigenvalue weighted by molar-refractivity contribution is 5.95. The fraction of sp³-hybridized carbons (Fsp3) is 0.286. The summed E-state index contributed by atoms with van der Waals surface area (Å²) in [6.45, 7) is 5.60. The molecule has 2 aromatic heterocycles. The molecule has 3 aromatic rings. The Morgan fingerprint density at radius 3 is 2.63 bits per heavy atom. The Balaban J connectivity index is 1.68. The number of ketones is 1. The third-order valence-corrected chi connectivity index (χ3v) is 4.88. The van der Waals surface area contributed by atoms with Gasteiger partial charge in [0.2, 0.25) is 5.91 Å². The summed E-state index contributed by atoms with van der Waals surface area (Å²) in [5, 5.41) is 7.36. The van der Waals surface area contributed by atoms with E-state index in [9.17, 15) is 9.59 Å². The molecule has 1 amide bonds. The van der Waals surface area contributed by atoms with E-state index in [1.807, 2.05) is 49.0 Å². The predicted molar refractivity (Wildman–Crippen MR) is 102 cm³/mol. The number of fused-ring (bicyclic) bond motifs is 1. The van der Waals surface area contributed by atoms with Gasteiger partial charge in [0, 0.05) is 29.2 Å². The highest BCUT2D eigenvalue weighted by Gasteiger charge is 2.32. The molecule has 0 saturated carbocycles. The van der Waals surface area contributed by atoms with Gasteiger partial charge in [-0.05, 0) is 32.9 Å². The topological polar surface area (TPSA) is 77.1 Å². The van der Waals surface area contributed by atoms with Crippen LogP contribution in [-0.2, 0) is 4.79 Å². The Bertz CT molecular complexity index is 1010. The van der Waals surface area contributed by atoms with E-state index in [-0.39, 0.29) is 23.7 Å². The number of aromatic nitrogens is 2. The minimum absolute atomic E-state index is 0.0320. The number of furan rings is 1. The number of carbonyl (C=O) groups excluding carboxylic acids is 2. The molecule has 0 saturated heterocycles. The van der Waals surface area contributed by atoms with E-state index in [2.05, 4.69) is 10.4 Å². The highest BCUT2D eigenvalue weighted by Crippen LogP contribution is 2.39. The first kappa shape index (κ1) is 17.3. The third kappa shape index (κ3) is 3.07. The molecule has 1 N–H and O–H groups in total. The summed E-state index contributed by atoms with van der Waals surface area (Å²) < 4.78 is 7.91. The number of anilines is 1. The van der Waals surface area contributed by atoms with Crippen molar-refractivity contribution < 1.29 is 14.0 Å². The molecule has 0 aliphatic carbocycles. The van der Waals surface area contributed by atoms with Crippen molar-refractivity contribution in [2.45, 2.75) is 39.2 Å². The van der Waals surface area contributed by atoms with Gasteiger partial charge < -0.3 is 9.73 Å². The lowest BCUT2D eigenvalue weighted by atomic mass is 9.92. The second-order valence-electron chi connectivity index (χ2n) is 7.13. The molecule has 0 unspecified atom stereocenters. The first-order valence-corrected chi connectivity index (χ1v) is 9.02. The van der Waals surface area contributed by atoms with Gasteiger partial charge >= 0.3 is 0 Å². The summed E-state index contributed by atoms with van der Waals surface area (Å²) in [5.41, 5.74) is 2.53. The number of nitrogens with one attached hydrogen (secondary N) is 1. The molecule has 0 radical (unpaired) electrons. The number of hydrogen-bond acceptors (Lipinski definition) is 4. The Morgan fingerprint density at radius 1 is 1.22 bits per heavy atom. The van der Waals surface area contributed by atoms with Crippen LogP contribution in [-0.4, -0.2) is 21.5 Å². The van der Waals surface area contributed by atoms with Crippen molar-refractivity contribution in [2.75, 3.05) is 5.32 Å². The van der Waals surface area contributed by atoms with Gasteiger partial charge in [0.15, 0.2) is 5.78 Å². The maximum atomic E-state index is 12.2. The number of nitrogens with zero attached hydrogens (tertiary/aromatic N) is 2. The van der Waals surface area contributed by atoms with E-state index >= 15 is 0 Å². The zero-order valence-corrected chi connectivity index (χ0v) is 15.5. The Hall–Kier alpha value is -3.15. The van der Waals surface area contributed by atoms with E-state index in [0.717, 1.165) is 22.7 Å². The van der Waals surface area contributed by atoms with Crippen LogP contribution in [0, 0.1) is 0 Å². The van der Waals surface area contributed by atoms with E-state index in [1.54, 1.807) is 19.1 Å². The molecule has 3 heterocycles. The van der Waals surface area contributed by atoms with Crippen LogP contribution in [0.15, 0.2) is 47.0 Å². The summed E-state index contributed by atoms with van der Waals surface area (Å²) in [6.07, 6.45) is 2.14. The van der Waals surface area contributed by atoms with Crippen LogP contribution in [0.4, 0.5) is 5.82 Å². The summed E-state index contributed by atoms with van der Waals surface area (Å²) in [7, 11) is 0. The fourth-order valence-corrected chi connectivity index (χ4v) is 3.45. The van der Waals surface area contributed by atoms with E-state index < -0.39 is 0 Å². The summed E-state index contributed by atoms with van der Waals surface area (Å²) in [6, 6.07) is 11.3. The maximum Gasteiger partial charge on any atom is 0.226 e. The number of benzene rings is 1. The molecule has 4 rings (SSSR count). The monoisotopic (exact) mass is 363 g/mol. The van der Waals surface area contributed by atoms with Gasteiger partial charge in [-0.3, -0.25) is 9.59 Å². The average Bonchev–Trinajstić information content (AvgIpc) is 3.28. The molecule has 0 fully saturated rings. The van der Waals surface area contributed by atoms with Gasteiger partial charge in [-0.2, -0.15) is 5.10 Å². The number of hydrogen-bond donors (Lipinski definition) is 1. The Morgan fingerprint density at radius 2 is 1.96 bits per heavy atom. The van der Waals surface area contributed by atoms with Gasteiger partial charge in [0.25, 0.3) is 0 Å². The largest absolute Gasteiger partial charge is 0.460 e. The molecule has 6 heteroatoms. The van der Waals surface area contributed by atoms with Crippen molar-refractivity contribution in [1.82, 2.24) is 9.78 Å². The molecular weight excluding hydrogens is 342 g/mol. The van der Waals surface area contributed by atoms with Gasteiger partial charge in [-0.15, -0.1) is 0 Å². The molecule has 6 nitrogen and oxygen atoms in total. The first-order valence-electron chi connectivity index (χ1n) is 9.02. The van der Waals surface area contributed by atoms with Crippen molar-refractivity contribution >= 4 is 17.5 Å². The van der Waals surface area contributed by atoms with Gasteiger partial charge in [-0.25, -0.2) is 4.68 Å². The van der Waals surface area contributed by atoms with E-state index in [4.69, 9.17) is 4.42 Å². The zero-order chi connectivity index (χ0) is 19.1. The van der Waals surface area contributed by atoms with Crippen LogP contribution in [0.3, 0.4) is 0 Å². The summed E-state index contributed by atoms with van der Waals surface area (Å²) in [4.78, 5) is 23.7. The van der Waals surface area contributed by atoms with Crippen molar-refractivity contribution in [3.05, 3.63) is 59.5 Å². The second kappa shape index (κ2) is 6.54. The van der Waals surface area contributed by atoms with Crippen molar-refractivity contribution in [3.63, 3.8) is 0 Å². The second-order valence-corrected chi connectivity index (χ2v) is 7.13. The zero-order valence-electron chi connectivity index (χ0n) is 15.5. The maximum absolute atomic E-state index is 12.2. The van der Waals surface area contributed by atoms with E-state index in [0.29, 0.717) is 17.7 Å². The van der Waals surface area contributed by atoms with Crippen LogP contribution in [0.1, 0.15) is 60.8 Å². The van der Waals surface area contributed by atoms with E-state index in [1.165, 1.54) is 0 Å². The Kier molecular flexibility index (Phi) is 4.18. The molecule has 1 aliphatic rings. The summed E-state index contributed by atoms with van der Waals surface area (Å²) in [5.74, 6) is 2.02. The van der Waals surface area contributed by atoms with Crippen molar-refractivity contribution in [3.8, 4) is 11.3 Å². The van der Waals surface area contributed by atoms with Gasteiger partial charge in [0.05, 0.1) is 12.1 Å². The van der Waals surface area contributed by atoms with Crippen LogP contribution in [0.5, 0.6) is 0 Å². The van der Waals surface area contributed by atoms with Crippen molar-refractivity contribution in [1.29, 1.82) is 0 Å². The SMILES string of the molecule is CC(=O)c1ccc(-c2ccc([C@H]3CC(=O)Nc4c3cnn4C(C)C)o2)cc1. The average molecular weight is 363 g/mol. The van der Waals surface area contributed by atoms with Gasteiger partial charge in [0.1, 0.15) is 17.3 Å². The molecular formula is C21H21N3O3. The fourth-order valence-electron chi connectivity index (χ4n) is 3.45. The molecule has 0 spiro atoms. The molecule has 1 atom stereocenters. The van der Waals surface area contributed by atoms with Crippen LogP contribution in [0.25, 0.3) is 11.3 Å². The number of carbonyl (C=O) groups is 2. The predicted octanol–water partition coefficient (Wildman–Crippen LogP) is 4.40. The number of rotatable bonds is 4. The quantitative estimate of drug-likeness (QED) is 0.697. The molecule has 1 aliphatic heterocycles. The molecule has 1 aromatic carbocycles. The minimum Gasteiger partial charge on any atom is -0.460 e. The standard InChI is InChI=1S/C21H21N3O3/c1-12(2)24-21-17(11-22-24)16(10-20(26)23-21)19-9-8-18(27-19)15-6-4-14(5-7-15)13(3)25/h4-9,11-12,16H,10H2,1-3H3,(H,23,26)/t16-/m0/s1. The van der Waals surface area contributed by atoms with Crippen LogP contribution in [0.2, 0.25) is 0 Å². The van der Waals surface area contributed by atoms with Crippen LogP contribution < -0.4 is 5.32 Å². The molecule has 27 heavy (non-hydrogen) atoms. The normalized spacial score (nSPS) is 16.3. The lowest BCUT2D eigenvalue weighted by Crippen LogP contribution is -2.25. The highest BCUT2D eigenvalue weighted by atomic mass is 16.3. The number of amides is 1. The van der Waals surface area contributed by atoms with Gasteiger partial charge in [-0.1, -0.05) is 24.3 Å². The lowest BCUT2D eigenvalue weighted by Gasteiger charge is -2.23. The Labute approximate surface area is 157 Å². The third-order valence-electron chi connectivity index (χ3n) is 4.88. The summed E-state index contributed by atoms with van der Waals surface area (Å²) >= 11 is 0. The van der Waals surface area contributed by atoms with Crippen molar-refractivity contribution in [2.24, 2.45) is 0 Å². The molecule has 0 bridgehead atoms. The number of Topliss-reactive ketones (excluding diaryl/α,β-unsaturated/α-hetero) is 1. The smallest absolute Gasteiger partial charge is 0.226 e. The minimum atomic E-state index is -0.161. The first-order chi connectivity index (χ1) is 12.9. The van der Waals surface area contributed by atoms with Crippen LogP contribution >= 0.6 is 0 Å².